The highest BCUT2D eigenvalue weighted by molar-refractivity contribution is 5.20. The second-order valence-electron chi connectivity index (χ2n) is 3.26. The summed E-state index contributed by atoms with van der Waals surface area (Å²) in [5.41, 5.74) is 0.338. The van der Waals surface area contributed by atoms with Crippen molar-refractivity contribution in [2.24, 2.45) is 0 Å². The Bertz CT molecular complexity index is 302. The van der Waals surface area contributed by atoms with E-state index in [0.717, 1.165) is 0 Å². The summed E-state index contributed by atoms with van der Waals surface area (Å²) >= 11 is 0. The lowest BCUT2D eigenvalue weighted by Gasteiger charge is -2.20. The first-order valence-electron chi connectivity index (χ1n) is 4.70. The Hall–Kier alpha value is -0.970. The predicted molar refractivity (Wildman–Crippen MR) is 53.8 cm³/mol. The number of ether oxygens (including phenoxy) is 2. The summed E-state index contributed by atoms with van der Waals surface area (Å²) in [5, 5.41) is 9.47. The third kappa shape index (κ3) is 3.27. The molecule has 4 heteroatoms. The number of hydrogen-bond donors (Lipinski definition) is 1. The van der Waals surface area contributed by atoms with Crippen LogP contribution in [0.5, 0.6) is 0 Å². The van der Waals surface area contributed by atoms with Gasteiger partial charge in [-0.15, -0.1) is 0 Å². The van der Waals surface area contributed by atoms with Crippen LogP contribution in [0.15, 0.2) is 24.3 Å². The van der Waals surface area contributed by atoms with Gasteiger partial charge in [-0.2, -0.15) is 0 Å². The zero-order valence-corrected chi connectivity index (χ0v) is 8.81. The first kappa shape index (κ1) is 12.1. The summed E-state index contributed by atoms with van der Waals surface area (Å²) in [6.07, 6.45) is -1.50. The van der Waals surface area contributed by atoms with E-state index in [1.807, 2.05) is 0 Å². The summed E-state index contributed by atoms with van der Waals surface area (Å²) in [4.78, 5) is 0. The molecule has 15 heavy (non-hydrogen) atoms. The Labute approximate surface area is 88.4 Å². The summed E-state index contributed by atoms with van der Waals surface area (Å²) in [7, 11) is 1.47. The molecule has 0 aliphatic heterocycles. The van der Waals surface area contributed by atoms with E-state index in [-0.39, 0.29) is 12.6 Å². The van der Waals surface area contributed by atoms with Crippen molar-refractivity contribution in [1.29, 1.82) is 0 Å². The van der Waals surface area contributed by atoms with Crippen LogP contribution in [0.3, 0.4) is 0 Å². The molecule has 0 heterocycles. The van der Waals surface area contributed by atoms with E-state index in [1.165, 1.54) is 13.2 Å². The fraction of sp³-hybridized carbons (Fsp3) is 0.455. The molecule has 0 spiro atoms. The van der Waals surface area contributed by atoms with Gasteiger partial charge in [0.05, 0.1) is 6.10 Å². The summed E-state index contributed by atoms with van der Waals surface area (Å²) in [6, 6.07) is 6.21. The first-order chi connectivity index (χ1) is 7.16. The minimum Gasteiger partial charge on any atom is -0.390 e. The molecule has 1 aromatic rings. The monoisotopic (exact) mass is 214 g/mol. The summed E-state index contributed by atoms with van der Waals surface area (Å²) < 4.78 is 23.3. The Morgan fingerprint density at radius 2 is 2.07 bits per heavy atom. The van der Waals surface area contributed by atoms with E-state index in [4.69, 9.17) is 9.47 Å². The van der Waals surface area contributed by atoms with Crippen molar-refractivity contribution < 1.29 is 19.0 Å². The van der Waals surface area contributed by atoms with E-state index < -0.39 is 12.2 Å². The lowest BCUT2D eigenvalue weighted by Crippen LogP contribution is -2.20. The van der Waals surface area contributed by atoms with Crippen molar-refractivity contribution in [3.8, 4) is 0 Å². The molecular formula is C11H15FO3. The van der Waals surface area contributed by atoms with E-state index in [2.05, 4.69) is 0 Å². The SMILES string of the molecule is COCOC(c1ccccc1F)C(C)O. The number of benzene rings is 1. The first-order valence-corrected chi connectivity index (χ1v) is 4.70. The molecule has 2 atom stereocenters. The molecule has 0 aromatic heterocycles. The van der Waals surface area contributed by atoms with Crippen molar-refractivity contribution in [3.63, 3.8) is 0 Å². The number of rotatable bonds is 5. The molecule has 0 fully saturated rings. The van der Waals surface area contributed by atoms with Crippen molar-refractivity contribution in [3.05, 3.63) is 35.6 Å². The second-order valence-corrected chi connectivity index (χ2v) is 3.26. The minimum atomic E-state index is -0.794. The van der Waals surface area contributed by atoms with Gasteiger partial charge in [0, 0.05) is 12.7 Å². The van der Waals surface area contributed by atoms with Gasteiger partial charge in [-0.25, -0.2) is 4.39 Å². The van der Waals surface area contributed by atoms with Gasteiger partial charge in [0.15, 0.2) is 0 Å². The molecule has 84 valence electrons. The summed E-state index contributed by atoms with van der Waals surface area (Å²) in [5.74, 6) is -0.389. The lowest BCUT2D eigenvalue weighted by atomic mass is 10.0. The number of hydrogen-bond acceptors (Lipinski definition) is 3. The van der Waals surface area contributed by atoms with Crippen molar-refractivity contribution in [1.82, 2.24) is 0 Å². The third-order valence-corrected chi connectivity index (χ3v) is 2.02. The number of methoxy groups -OCH3 is 1. The fourth-order valence-corrected chi connectivity index (χ4v) is 1.34. The Morgan fingerprint density at radius 3 is 2.60 bits per heavy atom. The number of aliphatic hydroxyl groups is 1. The van der Waals surface area contributed by atoms with E-state index >= 15 is 0 Å². The van der Waals surface area contributed by atoms with Gasteiger partial charge in [-0.1, -0.05) is 18.2 Å². The maximum Gasteiger partial charge on any atom is 0.147 e. The molecule has 0 saturated heterocycles. The molecule has 0 saturated carbocycles. The largest absolute Gasteiger partial charge is 0.390 e. The molecule has 2 unspecified atom stereocenters. The summed E-state index contributed by atoms with van der Waals surface area (Å²) in [6.45, 7) is 1.57. The van der Waals surface area contributed by atoms with Gasteiger partial charge in [-0.05, 0) is 13.0 Å². The van der Waals surface area contributed by atoms with Crippen molar-refractivity contribution in [2.75, 3.05) is 13.9 Å². The molecular weight excluding hydrogens is 199 g/mol. The average molecular weight is 214 g/mol. The Balaban J connectivity index is 2.84. The molecule has 1 rings (SSSR count). The highest BCUT2D eigenvalue weighted by atomic mass is 19.1. The zero-order chi connectivity index (χ0) is 11.3. The second kappa shape index (κ2) is 5.80. The minimum absolute atomic E-state index is 0.0178. The topological polar surface area (TPSA) is 38.7 Å². The molecule has 0 amide bonds. The van der Waals surface area contributed by atoms with Crippen molar-refractivity contribution in [2.45, 2.75) is 19.1 Å². The van der Waals surface area contributed by atoms with Gasteiger partial charge in [0.25, 0.3) is 0 Å². The van der Waals surface area contributed by atoms with Crippen LogP contribution in [-0.2, 0) is 9.47 Å². The van der Waals surface area contributed by atoms with Crippen LogP contribution in [0.2, 0.25) is 0 Å². The van der Waals surface area contributed by atoms with E-state index in [0.29, 0.717) is 5.56 Å². The average Bonchev–Trinajstić information content (AvgIpc) is 2.20. The van der Waals surface area contributed by atoms with Crippen LogP contribution in [0.25, 0.3) is 0 Å². The van der Waals surface area contributed by atoms with Gasteiger partial charge >= 0.3 is 0 Å². The fourth-order valence-electron chi connectivity index (χ4n) is 1.34. The zero-order valence-electron chi connectivity index (χ0n) is 8.81. The molecule has 1 N–H and O–H groups in total. The van der Waals surface area contributed by atoms with E-state index in [1.54, 1.807) is 25.1 Å². The number of halogens is 1. The van der Waals surface area contributed by atoms with Crippen LogP contribution in [0.1, 0.15) is 18.6 Å². The van der Waals surface area contributed by atoms with Gasteiger partial charge < -0.3 is 14.6 Å². The molecule has 3 nitrogen and oxygen atoms in total. The van der Waals surface area contributed by atoms with Gasteiger partial charge in [0.1, 0.15) is 18.7 Å². The maximum absolute atomic E-state index is 13.4. The molecule has 0 bridgehead atoms. The van der Waals surface area contributed by atoms with Crippen LogP contribution in [0.4, 0.5) is 4.39 Å². The lowest BCUT2D eigenvalue weighted by molar-refractivity contribution is -0.111. The molecule has 0 aliphatic rings. The van der Waals surface area contributed by atoms with Crippen LogP contribution < -0.4 is 0 Å². The Kier molecular flexibility index (Phi) is 4.68. The standard InChI is InChI=1S/C11H15FO3/c1-8(13)11(15-7-14-2)9-5-3-4-6-10(9)12/h3-6,8,11,13H,7H2,1-2H3. The van der Waals surface area contributed by atoms with Crippen molar-refractivity contribution >= 4 is 0 Å². The van der Waals surface area contributed by atoms with Gasteiger partial charge in [-0.3, -0.25) is 0 Å². The maximum atomic E-state index is 13.4. The highest BCUT2D eigenvalue weighted by Crippen LogP contribution is 2.23. The number of aliphatic hydroxyl groups excluding tert-OH is 1. The molecule has 0 radical (unpaired) electrons. The predicted octanol–water partition coefficient (Wildman–Crippen LogP) is 1.87. The molecule has 1 aromatic carbocycles. The molecule has 0 aliphatic carbocycles. The van der Waals surface area contributed by atoms with E-state index in [9.17, 15) is 9.50 Å². The highest BCUT2D eigenvalue weighted by Gasteiger charge is 2.20. The third-order valence-electron chi connectivity index (χ3n) is 2.02. The quantitative estimate of drug-likeness (QED) is 0.760. The van der Waals surface area contributed by atoms with Crippen LogP contribution in [-0.4, -0.2) is 25.1 Å². The van der Waals surface area contributed by atoms with Gasteiger partial charge in [0.2, 0.25) is 0 Å². The van der Waals surface area contributed by atoms with Crippen LogP contribution >= 0.6 is 0 Å². The Morgan fingerprint density at radius 1 is 1.40 bits per heavy atom. The van der Waals surface area contributed by atoms with Crippen LogP contribution in [0, 0.1) is 5.82 Å². The smallest absolute Gasteiger partial charge is 0.147 e. The normalized spacial score (nSPS) is 14.9.